The van der Waals surface area contributed by atoms with E-state index in [0.717, 1.165) is 0 Å². The summed E-state index contributed by atoms with van der Waals surface area (Å²) in [6, 6.07) is -0.961. The summed E-state index contributed by atoms with van der Waals surface area (Å²) in [6.07, 6.45) is 0.661. The van der Waals surface area contributed by atoms with E-state index in [4.69, 9.17) is 5.73 Å². The van der Waals surface area contributed by atoms with Gasteiger partial charge >= 0.3 is 0 Å². The fraction of sp³-hybridized carbons (Fsp3) is 0.800. The van der Waals surface area contributed by atoms with E-state index >= 15 is 0 Å². The Hall–Kier alpha value is -0.900. The number of nitrogens with one attached hydrogen (secondary N) is 1. The first-order chi connectivity index (χ1) is 6.34. The molecule has 2 unspecified atom stereocenters. The lowest BCUT2D eigenvalue weighted by Gasteiger charge is -2.18. The van der Waals surface area contributed by atoms with Gasteiger partial charge in [-0.3, -0.25) is 9.59 Å². The monoisotopic (exact) mass is 200 g/mol. The SMILES string of the molecule is CC(=O)C(CC(C)C)NC(=O)C(C)N. The molecule has 0 fully saturated rings. The molecule has 1 amide bonds. The zero-order chi connectivity index (χ0) is 11.3. The second-order valence-electron chi connectivity index (χ2n) is 4.09. The van der Waals surface area contributed by atoms with Gasteiger partial charge in [-0.25, -0.2) is 0 Å². The highest BCUT2D eigenvalue weighted by atomic mass is 16.2. The fourth-order valence-electron chi connectivity index (χ4n) is 1.10. The first kappa shape index (κ1) is 13.1. The van der Waals surface area contributed by atoms with Gasteiger partial charge < -0.3 is 11.1 Å². The summed E-state index contributed by atoms with van der Waals surface area (Å²) >= 11 is 0. The molecule has 4 heteroatoms. The Kier molecular flexibility index (Phi) is 5.38. The molecular formula is C10H20N2O2. The van der Waals surface area contributed by atoms with Crippen LogP contribution in [0, 0.1) is 5.92 Å². The van der Waals surface area contributed by atoms with E-state index in [1.165, 1.54) is 6.92 Å². The predicted octanol–water partition coefficient (Wildman–Crippen LogP) is 0.454. The van der Waals surface area contributed by atoms with Gasteiger partial charge in [0.1, 0.15) is 0 Å². The molecule has 2 atom stereocenters. The summed E-state index contributed by atoms with van der Waals surface area (Å²) in [5, 5.41) is 2.63. The maximum absolute atomic E-state index is 11.3. The third-order valence-electron chi connectivity index (χ3n) is 1.93. The highest BCUT2D eigenvalue weighted by molar-refractivity contribution is 5.89. The van der Waals surface area contributed by atoms with E-state index in [1.807, 2.05) is 13.8 Å². The molecule has 0 bridgehead atoms. The standard InChI is InChI=1S/C10H20N2O2/c1-6(2)5-9(8(4)13)12-10(14)7(3)11/h6-7,9H,5,11H2,1-4H3,(H,12,14). The van der Waals surface area contributed by atoms with Gasteiger partial charge in [-0.15, -0.1) is 0 Å². The summed E-state index contributed by atoms with van der Waals surface area (Å²) in [7, 11) is 0. The second kappa shape index (κ2) is 5.75. The Morgan fingerprint density at radius 3 is 2.07 bits per heavy atom. The minimum absolute atomic E-state index is 0.0206. The molecule has 0 aliphatic carbocycles. The van der Waals surface area contributed by atoms with Crippen molar-refractivity contribution >= 4 is 11.7 Å². The van der Waals surface area contributed by atoms with Gasteiger partial charge in [-0.1, -0.05) is 13.8 Å². The van der Waals surface area contributed by atoms with Crippen LogP contribution in [-0.4, -0.2) is 23.8 Å². The number of nitrogens with two attached hydrogens (primary N) is 1. The predicted molar refractivity (Wildman–Crippen MR) is 55.7 cm³/mol. The minimum Gasteiger partial charge on any atom is -0.345 e. The van der Waals surface area contributed by atoms with Gasteiger partial charge in [0.25, 0.3) is 0 Å². The van der Waals surface area contributed by atoms with Crippen molar-refractivity contribution in [2.75, 3.05) is 0 Å². The van der Waals surface area contributed by atoms with Gasteiger partial charge in [0.05, 0.1) is 12.1 Å². The first-order valence-electron chi connectivity index (χ1n) is 4.91. The number of Topliss-reactive ketones (excluding diaryl/α,β-unsaturated/α-hetero) is 1. The number of carbonyl (C=O) groups is 2. The lowest BCUT2D eigenvalue weighted by Crippen LogP contribution is -2.47. The van der Waals surface area contributed by atoms with Crippen molar-refractivity contribution in [1.29, 1.82) is 0 Å². The van der Waals surface area contributed by atoms with Crippen LogP contribution in [0.2, 0.25) is 0 Å². The summed E-state index contributed by atoms with van der Waals surface area (Å²) in [5.41, 5.74) is 5.39. The summed E-state index contributed by atoms with van der Waals surface area (Å²) in [6.45, 7) is 7.10. The molecule has 14 heavy (non-hydrogen) atoms. The molecule has 0 aliphatic rings. The van der Waals surface area contributed by atoms with Crippen LogP contribution in [0.1, 0.15) is 34.1 Å². The molecule has 0 rings (SSSR count). The van der Waals surface area contributed by atoms with Crippen LogP contribution < -0.4 is 11.1 Å². The van der Waals surface area contributed by atoms with Gasteiger partial charge in [0.15, 0.2) is 5.78 Å². The van der Waals surface area contributed by atoms with E-state index in [0.29, 0.717) is 12.3 Å². The van der Waals surface area contributed by atoms with Crippen LogP contribution >= 0.6 is 0 Å². The van der Waals surface area contributed by atoms with Crippen molar-refractivity contribution in [2.45, 2.75) is 46.2 Å². The van der Waals surface area contributed by atoms with Crippen molar-refractivity contribution in [3.8, 4) is 0 Å². The second-order valence-corrected chi connectivity index (χ2v) is 4.09. The Bertz CT molecular complexity index is 212. The van der Waals surface area contributed by atoms with Crippen molar-refractivity contribution in [1.82, 2.24) is 5.32 Å². The number of hydrogen-bond donors (Lipinski definition) is 2. The van der Waals surface area contributed by atoms with Crippen molar-refractivity contribution < 1.29 is 9.59 Å². The Labute approximate surface area is 85.2 Å². The molecular weight excluding hydrogens is 180 g/mol. The minimum atomic E-state index is -0.566. The molecule has 0 aromatic heterocycles. The summed E-state index contributed by atoms with van der Waals surface area (Å²) in [5.74, 6) is 0.0795. The number of amides is 1. The molecule has 82 valence electrons. The van der Waals surface area contributed by atoms with Gasteiger partial charge in [-0.2, -0.15) is 0 Å². The molecule has 0 saturated heterocycles. The molecule has 0 aliphatic heterocycles. The van der Waals surface area contributed by atoms with E-state index in [2.05, 4.69) is 5.32 Å². The zero-order valence-electron chi connectivity index (χ0n) is 9.33. The summed E-state index contributed by atoms with van der Waals surface area (Å²) in [4.78, 5) is 22.4. The van der Waals surface area contributed by atoms with Crippen LogP contribution in [0.25, 0.3) is 0 Å². The van der Waals surface area contributed by atoms with E-state index < -0.39 is 12.1 Å². The quantitative estimate of drug-likeness (QED) is 0.677. The van der Waals surface area contributed by atoms with Crippen LogP contribution in [0.15, 0.2) is 0 Å². The zero-order valence-corrected chi connectivity index (χ0v) is 9.33. The average Bonchev–Trinajstić information content (AvgIpc) is 2.01. The van der Waals surface area contributed by atoms with E-state index in [1.54, 1.807) is 6.92 Å². The molecule has 0 aromatic rings. The number of ketones is 1. The van der Waals surface area contributed by atoms with Gasteiger partial charge in [-0.05, 0) is 26.2 Å². The number of carbonyl (C=O) groups excluding carboxylic acids is 2. The van der Waals surface area contributed by atoms with Crippen LogP contribution in [0.5, 0.6) is 0 Å². The van der Waals surface area contributed by atoms with E-state index in [9.17, 15) is 9.59 Å². The van der Waals surface area contributed by atoms with E-state index in [-0.39, 0.29) is 11.7 Å². The smallest absolute Gasteiger partial charge is 0.237 e. The fourth-order valence-corrected chi connectivity index (χ4v) is 1.10. The molecule has 0 aromatic carbocycles. The Morgan fingerprint density at radius 1 is 1.29 bits per heavy atom. The maximum Gasteiger partial charge on any atom is 0.237 e. The number of hydrogen-bond acceptors (Lipinski definition) is 3. The topological polar surface area (TPSA) is 72.2 Å². The van der Waals surface area contributed by atoms with Crippen LogP contribution in [0.3, 0.4) is 0 Å². The highest BCUT2D eigenvalue weighted by Gasteiger charge is 2.19. The third kappa shape index (κ3) is 4.97. The largest absolute Gasteiger partial charge is 0.345 e. The molecule has 4 nitrogen and oxygen atoms in total. The van der Waals surface area contributed by atoms with Gasteiger partial charge in [0.2, 0.25) is 5.91 Å². The first-order valence-corrected chi connectivity index (χ1v) is 4.91. The van der Waals surface area contributed by atoms with Crippen molar-refractivity contribution in [3.63, 3.8) is 0 Å². The van der Waals surface area contributed by atoms with Crippen molar-refractivity contribution in [3.05, 3.63) is 0 Å². The average molecular weight is 200 g/mol. The molecule has 0 spiro atoms. The van der Waals surface area contributed by atoms with Crippen molar-refractivity contribution in [2.24, 2.45) is 11.7 Å². The molecule has 3 N–H and O–H groups in total. The Balaban J connectivity index is 4.23. The normalized spacial score (nSPS) is 15.0. The summed E-state index contributed by atoms with van der Waals surface area (Å²) < 4.78 is 0. The molecule has 0 saturated carbocycles. The highest BCUT2D eigenvalue weighted by Crippen LogP contribution is 2.05. The van der Waals surface area contributed by atoms with Gasteiger partial charge in [0, 0.05) is 0 Å². The van der Waals surface area contributed by atoms with Crippen LogP contribution in [0.4, 0.5) is 0 Å². The lowest BCUT2D eigenvalue weighted by atomic mass is 10.0. The lowest BCUT2D eigenvalue weighted by molar-refractivity contribution is -0.127. The molecule has 0 radical (unpaired) electrons. The Morgan fingerprint density at radius 2 is 1.79 bits per heavy atom. The number of rotatable bonds is 5. The molecule has 0 heterocycles. The maximum atomic E-state index is 11.3. The third-order valence-corrected chi connectivity index (χ3v) is 1.93. The van der Waals surface area contributed by atoms with Crippen LogP contribution in [-0.2, 0) is 9.59 Å².